The van der Waals surface area contributed by atoms with Crippen LogP contribution in [0.5, 0.6) is 0 Å². The maximum atomic E-state index is 15.6. The Morgan fingerprint density at radius 1 is 1.09 bits per heavy atom. The van der Waals surface area contributed by atoms with Crippen LogP contribution in [0.4, 0.5) is 23.2 Å². The fraction of sp³-hybridized carbons (Fsp3) is 0.333. The molecule has 0 bridgehead atoms. The van der Waals surface area contributed by atoms with E-state index in [9.17, 15) is 18.4 Å². The highest BCUT2D eigenvalue weighted by molar-refractivity contribution is 5.77. The van der Waals surface area contributed by atoms with Crippen molar-refractivity contribution in [3.05, 3.63) is 54.1 Å². The van der Waals surface area contributed by atoms with Crippen LogP contribution in [0, 0.1) is 11.3 Å². The maximum absolute atomic E-state index is 15.6. The van der Waals surface area contributed by atoms with Crippen molar-refractivity contribution in [3.8, 4) is 11.9 Å². The summed E-state index contributed by atoms with van der Waals surface area (Å²) in [5.74, 6) is 0.541. The number of anilines is 1. The van der Waals surface area contributed by atoms with Crippen molar-refractivity contribution >= 4 is 16.9 Å². The lowest BCUT2D eigenvalue weighted by Crippen LogP contribution is -2.42. The monoisotopic (exact) mass is 471 g/mol. The molecule has 0 atom stereocenters. The Balaban J connectivity index is 1.54. The van der Waals surface area contributed by atoms with Crippen molar-refractivity contribution in [2.75, 3.05) is 18.0 Å². The van der Waals surface area contributed by atoms with Gasteiger partial charge in [0.2, 0.25) is 0 Å². The molecule has 0 unspecified atom stereocenters. The molecule has 1 fully saturated rings. The number of nitriles is 1. The smallest absolute Gasteiger partial charge is 0.367 e. The van der Waals surface area contributed by atoms with Gasteiger partial charge < -0.3 is 9.47 Å². The van der Waals surface area contributed by atoms with Crippen molar-refractivity contribution in [2.45, 2.75) is 24.7 Å². The zero-order valence-electron chi connectivity index (χ0n) is 17.8. The first kappa shape index (κ1) is 21.7. The van der Waals surface area contributed by atoms with Gasteiger partial charge in [-0.05, 0) is 18.2 Å². The Morgan fingerprint density at radius 3 is 2.50 bits per heavy atom. The first-order valence-corrected chi connectivity index (χ1v) is 10.3. The molecule has 0 radical (unpaired) electrons. The van der Waals surface area contributed by atoms with Gasteiger partial charge in [0, 0.05) is 39.2 Å². The summed E-state index contributed by atoms with van der Waals surface area (Å²) in [5, 5.41) is 17.4. The lowest BCUT2D eigenvalue weighted by molar-refractivity contribution is -0.141. The summed E-state index contributed by atoms with van der Waals surface area (Å²) in [6.07, 6.45) is -0.187. The quantitative estimate of drug-likeness (QED) is 0.423. The van der Waals surface area contributed by atoms with Crippen LogP contribution in [0.15, 0.2) is 37.1 Å². The van der Waals surface area contributed by atoms with Gasteiger partial charge in [-0.25, -0.2) is 19.3 Å². The van der Waals surface area contributed by atoms with Crippen molar-refractivity contribution in [1.29, 1.82) is 5.26 Å². The molecule has 0 N–H and O–H groups in total. The van der Waals surface area contributed by atoms with E-state index in [1.807, 2.05) is 4.90 Å². The van der Waals surface area contributed by atoms with E-state index in [1.165, 1.54) is 35.6 Å². The summed E-state index contributed by atoms with van der Waals surface area (Å²) in [7, 11) is 1.68. The fourth-order valence-electron chi connectivity index (χ4n) is 4.24. The van der Waals surface area contributed by atoms with Gasteiger partial charge >= 0.3 is 6.18 Å². The zero-order valence-corrected chi connectivity index (χ0v) is 17.8. The van der Waals surface area contributed by atoms with E-state index in [4.69, 9.17) is 0 Å². The van der Waals surface area contributed by atoms with Crippen LogP contribution >= 0.6 is 0 Å². The fourth-order valence-corrected chi connectivity index (χ4v) is 4.24. The molecular weight excluding hydrogens is 454 g/mol. The first-order valence-electron chi connectivity index (χ1n) is 10.3. The van der Waals surface area contributed by atoms with Gasteiger partial charge in [0.15, 0.2) is 23.0 Å². The van der Waals surface area contributed by atoms with Crippen LogP contribution in [-0.4, -0.2) is 47.4 Å². The SMILES string of the molecule is Cn1cnnc1C1(F)CCN(c2c(C#N)ccnc2-n2cnc3nc(C(F)(F)F)ccc32)CC1. The third-order valence-electron chi connectivity index (χ3n) is 5.94. The number of hydrogen-bond acceptors (Lipinski definition) is 7. The minimum Gasteiger partial charge on any atom is -0.367 e. The molecule has 0 aliphatic carbocycles. The summed E-state index contributed by atoms with van der Waals surface area (Å²) in [6, 6.07) is 5.80. The molecule has 4 aromatic rings. The van der Waals surface area contributed by atoms with Crippen molar-refractivity contribution in [1.82, 2.24) is 34.3 Å². The van der Waals surface area contributed by atoms with Crippen LogP contribution in [-0.2, 0) is 18.9 Å². The Hall–Kier alpha value is -4.08. The van der Waals surface area contributed by atoms with E-state index in [1.54, 1.807) is 11.6 Å². The summed E-state index contributed by atoms with van der Waals surface area (Å²) in [5.41, 5.74) is -1.78. The van der Waals surface area contributed by atoms with Gasteiger partial charge in [-0.1, -0.05) is 0 Å². The van der Waals surface area contributed by atoms with E-state index >= 15 is 4.39 Å². The number of rotatable bonds is 3. The zero-order chi connectivity index (χ0) is 24.1. The van der Waals surface area contributed by atoms with Gasteiger partial charge in [0.25, 0.3) is 0 Å². The number of fused-ring (bicyclic) bond motifs is 1. The Labute approximate surface area is 190 Å². The molecule has 0 spiro atoms. The number of aryl methyl sites for hydroxylation is 1. The molecule has 13 heteroatoms. The molecule has 174 valence electrons. The topological polar surface area (TPSA) is 101 Å². The van der Waals surface area contributed by atoms with Crippen LogP contribution in [0.2, 0.25) is 0 Å². The van der Waals surface area contributed by atoms with E-state index in [-0.39, 0.29) is 37.4 Å². The summed E-state index contributed by atoms with van der Waals surface area (Å²) in [6.45, 7) is 0.527. The third kappa shape index (κ3) is 3.51. The number of nitrogens with zero attached hydrogens (tertiary/aromatic N) is 9. The van der Waals surface area contributed by atoms with Crippen molar-refractivity contribution < 1.29 is 17.6 Å². The lowest BCUT2D eigenvalue weighted by atomic mass is 9.91. The van der Waals surface area contributed by atoms with Crippen LogP contribution < -0.4 is 4.90 Å². The largest absolute Gasteiger partial charge is 0.433 e. The summed E-state index contributed by atoms with van der Waals surface area (Å²) in [4.78, 5) is 13.8. The Kier molecular flexibility index (Phi) is 4.96. The van der Waals surface area contributed by atoms with Crippen LogP contribution in [0.25, 0.3) is 17.0 Å². The van der Waals surface area contributed by atoms with Gasteiger partial charge in [0.1, 0.15) is 24.4 Å². The summed E-state index contributed by atoms with van der Waals surface area (Å²) >= 11 is 0. The molecule has 0 saturated carbocycles. The van der Waals surface area contributed by atoms with E-state index in [0.717, 1.165) is 6.07 Å². The second-order valence-electron chi connectivity index (χ2n) is 8.01. The first-order chi connectivity index (χ1) is 16.2. The molecule has 1 aliphatic rings. The molecule has 0 aromatic carbocycles. The van der Waals surface area contributed by atoms with Gasteiger partial charge in [-0.2, -0.15) is 18.4 Å². The molecule has 4 aromatic heterocycles. The van der Waals surface area contributed by atoms with Crippen molar-refractivity contribution in [2.24, 2.45) is 7.05 Å². The molecule has 9 nitrogen and oxygen atoms in total. The Bertz CT molecular complexity index is 1410. The van der Waals surface area contributed by atoms with Crippen LogP contribution in [0.1, 0.15) is 29.9 Å². The number of halogens is 4. The molecule has 0 amide bonds. The average molecular weight is 471 g/mol. The van der Waals surface area contributed by atoms with Gasteiger partial charge in [-0.3, -0.25) is 4.57 Å². The Morgan fingerprint density at radius 2 is 1.85 bits per heavy atom. The maximum Gasteiger partial charge on any atom is 0.433 e. The minimum absolute atomic E-state index is 0.103. The number of alkyl halides is 4. The molecule has 5 rings (SSSR count). The normalized spacial score (nSPS) is 16.1. The highest BCUT2D eigenvalue weighted by atomic mass is 19.4. The van der Waals surface area contributed by atoms with Gasteiger partial charge in [-0.15, -0.1) is 10.2 Å². The second-order valence-corrected chi connectivity index (χ2v) is 8.01. The highest BCUT2D eigenvalue weighted by Crippen LogP contribution is 2.39. The highest BCUT2D eigenvalue weighted by Gasteiger charge is 2.41. The molecule has 5 heterocycles. The molecular formula is C21H17F4N9. The number of imidazole rings is 1. The minimum atomic E-state index is -4.60. The lowest BCUT2D eigenvalue weighted by Gasteiger charge is -2.37. The number of hydrogen-bond donors (Lipinski definition) is 0. The number of pyridine rings is 2. The number of piperidine rings is 1. The summed E-state index contributed by atoms with van der Waals surface area (Å²) < 4.78 is 57.8. The van der Waals surface area contributed by atoms with E-state index in [2.05, 4.69) is 31.2 Å². The van der Waals surface area contributed by atoms with E-state index < -0.39 is 17.5 Å². The molecule has 34 heavy (non-hydrogen) atoms. The average Bonchev–Trinajstić information content (AvgIpc) is 3.44. The predicted molar refractivity (Wildman–Crippen MR) is 112 cm³/mol. The molecule has 1 aliphatic heterocycles. The number of aromatic nitrogens is 7. The van der Waals surface area contributed by atoms with Crippen molar-refractivity contribution in [3.63, 3.8) is 0 Å². The van der Waals surface area contributed by atoms with Crippen LogP contribution in [0.3, 0.4) is 0 Å². The second kappa shape index (κ2) is 7.75. The van der Waals surface area contributed by atoms with Gasteiger partial charge in [0.05, 0.1) is 16.8 Å². The predicted octanol–water partition coefficient (Wildman–Crippen LogP) is 3.30. The van der Waals surface area contributed by atoms with E-state index in [0.29, 0.717) is 22.6 Å². The molecule has 1 saturated heterocycles. The standard InChI is InChI=1S/C21H17F4N9/c1-32-12-29-31-19(32)20(22)5-8-33(9-6-20)16-13(10-26)4-7-27-18(16)34-11-28-17-14(34)2-3-15(30-17)21(23,24)25/h2-4,7,11-12H,5-6,8-9H2,1H3. The third-order valence-corrected chi connectivity index (χ3v) is 5.94.